The zero-order chi connectivity index (χ0) is 30.9. The summed E-state index contributed by atoms with van der Waals surface area (Å²) in [5.74, 6) is -0.332. The van der Waals surface area contributed by atoms with Gasteiger partial charge in [0.15, 0.2) is 0 Å². The number of nitrogens with one attached hydrogen (secondary N) is 1. The lowest BCUT2D eigenvalue weighted by molar-refractivity contribution is -0.124. The number of allylic oxidation sites excluding steroid dienone is 5. The molecule has 42 heavy (non-hydrogen) atoms. The fourth-order valence-electron chi connectivity index (χ4n) is 5.13. The normalized spacial score (nSPS) is 14.3. The van der Waals surface area contributed by atoms with Crippen molar-refractivity contribution in [1.82, 2.24) is 5.32 Å². The maximum atomic E-state index is 12.3. The molecule has 0 fully saturated rings. The van der Waals surface area contributed by atoms with E-state index in [1.165, 1.54) is 103 Å². The first-order valence-corrected chi connectivity index (χ1v) is 17.8. The van der Waals surface area contributed by atoms with Gasteiger partial charge in [-0.05, 0) is 44.9 Å². The van der Waals surface area contributed by atoms with Crippen LogP contribution in [-0.2, 0) is 4.79 Å². The van der Waals surface area contributed by atoms with Crippen molar-refractivity contribution in [3.8, 4) is 0 Å². The fraction of sp³-hybridized carbons (Fsp3) is 0.811. The molecule has 0 aliphatic rings. The summed E-state index contributed by atoms with van der Waals surface area (Å²) < 4.78 is 0. The second kappa shape index (κ2) is 32.5. The molecule has 0 aliphatic carbocycles. The topological polar surface area (TPSA) is 89.8 Å². The molecule has 0 aliphatic heterocycles. The summed E-state index contributed by atoms with van der Waals surface area (Å²) in [7, 11) is 0. The third-order valence-electron chi connectivity index (χ3n) is 7.91. The number of unbranched alkanes of at least 4 members (excludes halogenated alkanes) is 18. The first-order chi connectivity index (χ1) is 20.5. The Morgan fingerprint density at radius 2 is 1.02 bits per heavy atom. The average molecular weight is 592 g/mol. The number of carbonyl (C=O) groups excluding carboxylic acids is 1. The highest BCUT2D eigenvalue weighted by molar-refractivity contribution is 5.76. The molecule has 3 atom stereocenters. The van der Waals surface area contributed by atoms with Gasteiger partial charge in [-0.25, -0.2) is 0 Å². The summed E-state index contributed by atoms with van der Waals surface area (Å²) in [4.78, 5) is 12.3. The van der Waals surface area contributed by atoms with Gasteiger partial charge >= 0.3 is 0 Å². The average Bonchev–Trinajstić information content (AvgIpc) is 2.98. The van der Waals surface area contributed by atoms with Crippen LogP contribution >= 0.6 is 0 Å². The Hall–Kier alpha value is -1.43. The Balaban J connectivity index is 3.85. The minimum Gasteiger partial charge on any atom is -0.394 e. The van der Waals surface area contributed by atoms with Crippen LogP contribution in [-0.4, -0.2) is 46.1 Å². The quantitative estimate of drug-likeness (QED) is 0.0478. The lowest BCUT2D eigenvalue weighted by Gasteiger charge is -2.21. The van der Waals surface area contributed by atoms with E-state index in [0.29, 0.717) is 6.42 Å². The van der Waals surface area contributed by atoms with Gasteiger partial charge < -0.3 is 20.6 Å². The minimum atomic E-state index is -0.955. The van der Waals surface area contributed by atoms with Crippen LogP contribution in [0.3, 0.4) is 0 Å². The van der Waals surface area contributed by atoms with E-state index in [9.17, 15) is 20.1 Å². The van der Waals surface area contributed by atoms with Crippen LogP contribution < -0.4 is 5.32 Å². The van der Waals surface area contributed by atoms with Gasteiger partial charge in [0, 0.05) is 0 Å². The molecule has 0 saturated carbocycles. The number of aliphatic hydroxyl groups is 3. The maximum Gasteiger partial charge on any atom is 0.222 e. The molecular weight excluding hydrogens is 522 g/mol. The molecule has 246 valence electrons. The fourth-order valence-corrected chi connectivity index (χ4v) is 5.13. The van der Waals surface area contributed by atoms with Crippen LogP contribution in [0.4, 0.5) is 0 Å². The molecule has 0 spiro atoms. The molecule has 0 bridgehead atoms. The summed E-state index contributed by atoms with van der Waals surface area (Å²) in [5.41, 5.74) is 0. The molecule has 0 rings (SSSR count). The van der Waals surface area contributed by atoms with E-state index in [0.717, 1.165) is 38.5 Å². The van der Waals surface area contributed by atoms with Crippen LogP contribution in [0.2, 0.25) is 0 Å². The highest BCUT2D eigenvalue weighted by atomic mass is 16.3. The molecule has 3 unspecified atom stereocenters. The third kappa shape index (κ3) is 28.7. The molecular formula is C37H69NO4. The summed E-state index contributed by atoms with van der Waals surface area (Å²) in [6.45, 7) is 4.15. The highest BCUT2D eigenvalue weighted by Crippen LogP contribution is 2.13. The van der Waals surface area contributed by atoms with Gasteiger partial charge in [0.2, 0.25) is 5.91 Å². The first kappa shape index (κ1) is 40.6. The van der Waals surface area contributed by atoms with Crippen LogP contribution in [0.1, 0.15) is 168 Å². The first-order valence-electron chi connectivity index (χ1n) is 17.8. The van der Waals surface area contributed by atoms with Crippen molar-refractivity contribution in [2.24, 2.45) is 0 Å². The summed E-state index contributed by atoms with van der Waals surface area (Å²) in [5, 5.41) is 32.9. The van der Waals surface area contributed by atoms with Gasteiger partial charge in [0.1, 0.15) is 0 Å². The zero-order valence-electron chi connectivity index (χ0n) is 27.6. The Labute approximate surface area is 260 Å². The number of amides is 1. The van der Waals surface area contributed by atoms with Crippen LogP contribution in [0, 0.1) is 0 Å². The molecule has 4 N–H and O–H groups in total. The van der Waals surface area contributed by atoms with Crippen molar-refractivity contribution >= 4 is 5.91 Å². The smallest absolute Gasteiger partial charge is 0.222 e. The van der Waals surface area contributed by atoms with Crippen molar-refractivity contribution in [2.45, 2.75) is 186 Å². The highest BCUT2D eigenvalue weighted by Gasteiger charge is 2.20. The van der Waals surface area contributed by atoms with Crippen molar-refractivity contribution in [1.29, 1.82) is 0 Å². The van der Waals surface area contributed by atoms with Crippen molar-refractivity contribution in [2.75, 3.05) is 6.61 Å². The Morgan fingerprint density at radius 1 is 0.595 bits per heavy atom. The van der Waals surface area contributed by atoms with E-state index in [1.807, 2.05) is 6.08 Å². The molecule has 5 nitrogen and oxygen atoms in total. The third-order valence-corrected chi connectivity index (χ3v) is 7.91. The molecule has 0 aromatic rings. The van der Waals surface area contributed by atoms with Crippen LogP contribution in [0.15, 0.2) is 36.5 Å². The molecule has 0 saturated heterocycles. The number of carbonyl (C=O) groups is 1. The predicted molar refractivity (Wildman–Crippen MR) is 181 cm³/mol. The lowest BCUT2D eigenvalue weighted by Crippen LogP contribution is -2.45. The lowest BCUT2D eigenvalue weighted by atomic mass is 10.0. The SMILES string of the molecule is CCCCCCCC/C=C/CC/C=C/CC/C=C/C(O)C(CO)NC(=O)CC(O)CCCCCCCCCCCCC. The number of hydrogen-bond donors (Lipinski definition) is 4. The van der Waals surface area contributed by atoms with Gasteiger partial charge in [-0.2, -0.15) is 0 Å². The van der Waals surface area contributed by atoms with Crippen LogP contribution in [0.25, 0.3) is 0 Å². The second-order valence-electron chi connectivity index (χ2n) is 12.1. The second-order valence-corrected chi connectivity index (χ2v) is 12.1. The number of rotatable bonds is 31. The Bertz CT molecular complexity index is 660. The van der Waals surface area contributed by atoms with Gasteiger partial charge in [-0.15, -0.1) is 0 Å². The van der Waals surface area contributed by atoms with E-state index < -0.39 is 18.2 Å². The Morgan fingerprint density at radius 3 is 1.52 bits per heavy atom. The van der Waals surface area contributed by atoms with E-state index in [1.54, 1.807) is 6.08 Å². The number of aliphatic hydroxyl groups excluding tert-OH is 3. The summed E-state index contributed by atoms with van der Waals surface area (Å²) >= 11 is 0. The molecule has 5 heteroatoms. The molecule has 1 amide bonds. The Kier molecular flexibility index (Phi) is 31.4. The van der Waals surface area contributed by atoms with E-state index in [2.05, 4.69) is 43.5 Å². The summed E-state index contributed by atoms with van der Waals surface area (Å²) in [6, 6.07) is -0.762. The van der Waals surface area contributed by atoms with Crippen LogP contribution in [0.5, 0.6) is 0 Å². The van der Waals surface area contributed by atoms with E-state index >= 15 is 0 Å². The predicted octanol–water partition coefficient (Wildman–Crippen LogP) is 9.26. The van der Waals surface area contributed by atoms with Crippen molar-refractivity contribution in [3.63, 3.8) is 0 Å². The standard InChI is InChI=1S/C37H69NO4/c1-3-5-7-9-11-13-15-16-17-18-19-21-23-25-27-29-31-36(41)35(33-39)38-37(42)32-34(40)30-28-26-24-22-20-14-12-10-8-6-4-2/h16-17,21,23,29,31,34-36,39-41H,3-15,18-20,22,24-28,30,32-33H2,1-2H3,(H,38,42)/b17-16+,23-21+,31-29+. The van der Waals surface area contributed by atoms with Gasteiger partial charge in [0.05, 0.1) is 31.3 Å². The van der Waals surface area contributed by atoms with Crippen molar-refractivity contribution in [3.05, 3.63) is 36.5 Å². The molecule has 0 aromatic heterocycles. The van der Waals surface area contributed by atoms with E-state index in [4.69, 9.17) is 0 Å². The van der Waals surface area contributed by atoms with E-state index in [-0.39, 0.29) is 18.9 Å². The van der Waals surface area contributed by atoms with Crippen molar-refractivity contribution < 1.29 is 20.1 Å². The molecule has 0 heterocycles. The largest absolute Gasteiger partial charge is 0.394 e. The van der Waals surface area contributed by atoms with Gasteiger partial charge in [0.25, 0.3) is 0 Å². The molecule has 0 aromatic carbocycles. The minimum absolute atomic E-state index is 0.00370. The zero-order valence-corrected chi connectivity index (χ0v) is 27.6. The summed E-state index contributed by atoms with van der Waals surface area (Å²) in [6.07, 6.45) is 38.4. The molecule has 0 radical (unpaired) electrons. The van der Waals surface area contributed by atoms with Gasteiger partial charge in [-0.3, -0.25) is 4.79 Å². The monoisotopic (exact) mass is 592 g/mol. The maximum absolute atomic E-state index is 12.3. The number of hydrogen-bond acceptors (Lipinski definition) is 4. The van der Waals surface area contributed by atoms with Gasteiger partial charge in [-0.1, -0.05) is 153 Å².